The highest BCUT2D eigenvalue weighted by atomic mass is 16.2. The van der Waals surface area contributed by atoms with Crippen molar-refractivity contribution in [2.45, 2.75) is 63.6 Å². The number of amides is 1. The van der Waals surface area contributed by atoms with E-state index < -0.39 is 0 Å². The first-order valence-corrected chi connectivity index (χ1v) is 7.95. The third-order valence-electron chi connectivity index (χ3n) is 5.44. The molecule has 0 bridgehead atoms. The van der Waals surface area contributed by atoms with Crippen molar-refractivity contribution in [3.63, 3.8) is 0 Å². The molecular weight excluding hydrogens is 238 g/mol. The van der Waals surface area contributed by atoms with Crippen molar-refractivity contribution in [1.29, 1.82) is 0 Å². The van der Waals surface area contributed by atoms with E-state index in [0.717, 1.165) is 25.3 Å². The predicted molar refractivity (Wildman–Crippen MR) is 75.6 cm³/mol. The first kappa shape index (κ1) is 13.4. The Morgan fingerprint density at radius 3 is 2.79 bits per heavy atom. The summed E-state index contributed by atoms with van der Waals surface area (Å²) < 4.78 is 0. The molecule has 0 aromatic rings. The molecule has 4 nitrogen and oxygen atoms in total. The fourth-order valence-electron chi connectivity index (χ4n) is 4.33. The van der Waals surface area contributed by atoms with Crippen LogP contribution in [0.1, 0.15) is 45.4 Å². The average Bonchev–Trinajstić information content (AvgIpc) is 3.01. The van der Waals surface area contributed by atoms with Gasteiger partial charge in [-0.3, -0.25) is 4.79 Å². The summed E-state index contributed by atoms with van der Waals surface area (Å²) in [5.41, 5.74) is 5.75. The lowest BCUT2D eigenvalue weighted by Crippen LogP contribution is -2.46. The minimum atomic E-state index is 0.0760. The van der Waals surface area contributed by atoms with Crippen LogP contribution in [0.4, 0.5) is 0 Å². The van der Waals surface area contributed by atoms with Crippen molar-refractivity contribution < 1.29 is 4.79 Å². The number of fused-ring (bicyclic) bond motifs is 1. The summed E-state index contributed by atoms with van der Waals surface area (Å²) in [5, 5.41) is 3.60. The Balaban J connectivity index is 1.62. The van der Waals surface area contributed by atoms with Gasteiger partial charge in [-0.15, -0.1) is 0 Å². The van der Waals surface area contributed by atoms with E-state index in [1.54, 1.807) is 0 Å². The molecule has 1 saturated carbocycles. The second-order valence-electron chi connectivity index (χ2n) is 6.78. The van der Waals surface area contributed by atoms with Crippen LogP contribution in [0.25, 0.3) is 0 Å². The molecule has 0 spiro atoms. The van der Waals surface area contributed by atoms with Crippen LogP contribution in [-0.2, 0) is 4.79 Å². The highest BCUT2D eigenvalue weighted by molar-refractivity contribution is 5.83. The molecule has 5 atom stereocenters. The first-order chi connectivity index (χ1) is 9.19. The van der Waals surface area contributed by atoms with E-state index in [-0.39, 0.29) is 6.04 Å². The zero-order valence-electron chi connectivity index (χ0n) is 12.0. The quantitative estimate of drug-likeness (QED) is 0.786. The summed E-state index contributed by atoms with van der Waals surface area (Å²) in [4.78, 5) is 14.8. The maximum Gasteiger partial charge on any atom is 0.239 e. The minimum Gasteiger partial charge on any atom is -0.338 e. The van der Waals surface area contributed by atoms with Gasteiger partial charge in [0.15, 0.2) is 0 Å². The molecule has 3 N–H and O–H groups in total. The molecule has 19 heavy (non-hydrogen) atoms. The van der Waals surface area contributed by atoms with E-state index in [1.807, 2.05) is 0 Å². The van der Waals surface area contributed by atoms with Gasteiger partial charge < -0.3 is 16.0 Å². The summed E-state index contributed by atoms with van der Waals surface area (Å²) >= 11 is 0. The average molecular weight is 265 g/mol. The lowest BCUT2D eigenvalue weighted by molar-refractivity contribution is -0.133. The molecule has 0 aromatic heterocycles. The summed E-state index contributed by atoms with van der Waals surface area (Å²) in [6.45, 7) is 3.73. The smallest absolute Gasteiger partial charge is 0.239 e. The molecule has 3 rings (SSSR count). The van der Waals surface area contributed by atoms with Crippen molar-refractivity contribution in [3.05, 3.63) is 0 Å². The summed E-state index contributed by atoms with van der Waals surface area (Å²) in [5.74, 6) is 1.58. The van der Waals surface area contributed by atoms with Gasteiger partial charge in [0.05, 0.1) is 6.04 Å². The Morgan fingerprint density at radius 1 is 1.32 bits per heavy atom. The predicted octanol–water partition coefficient (Wildman–Crippen LogP) is 1.10. The maximum atomic E-state index is 12.7. The second kappa shape index (κ2) is 5.41. The minimum absolute atomic E-state index is 0.0760. The molecule has 0 radical (unpaired) electrons. The molecule has 0 aromatic carbocycles. The van der Waals surface area contributed by atoms with Crippen molar-refractivity contribution >= 4 is 5.91 Å². The third-order valence-corrected chi connectivity index (χ3v) is 5.44. The fourth-order valence-corrected chi connectivity index (χ4v) is 4.33. The summed E-state index contributed by atoms with van der Waals surface area (Å²) in [6, 6.07) is 1.04. The molecule has 4 heteroatoms. The number of hydrogen-bond donors (Lipinski definition) is 2. The van der Waals surface area contributed by atoms with E-state index >= 15 is 0 Å². The van der Waals surface area contributed by atoms with Gasteiger partial charge in [0, 0.05) is 18.6 Å². The molecule has 3 aliphatic rings. The van der Waals surface area contributed by atoms with E-state index in [9.17, 15) is 4.79 Å². The number of nitrogens with zero attached hydrogens (tertiary/aromatic N) is 1. The van der Waals surface area contributed by atoms with E-state index in [2.05, 4.69) is 17.1 Å². The molecule has 1 aliphatic carbocycles. The Bertz CT molecular complexity index is 332. The van der Waals surface area contributed by atoms with Gasteiger partial charge in [0.1, 0.15) is 0 Å². The number of nitrogens with one attached hydrogen (secondary N) is 1. The van der Waals surface area contributed by atoms with E-state index in [1.165, 1.54) is 25.7 Å². The SMILES string of the molecule is CC1CC(CN)CN1C(=O)C1CC2CCCCC2N1. The van der Waals surface area contributed by atoms with Crippen LogP contribution in [0.2, 0.25) is 0 Å². The van der Waals surface area contributed by atoms with Crippen molar-refractivity contribution in [2.24, 2.45) is 17.6 Å². The lowest BCUT2D eigenvalue weighted by atomic mass is 9.85. The van der Waals surface area contributed by atoms with Gasteiger partial charge in [0.2, 0.25) is 5.91 Å². The van der Waals surface area contributed by atoms with Crippen LogP contribution in [0.5, 0.6) is 0 Å². The van der Waals surface area contributed by atoms with Crippen LogP contribution in [0, 0.1) is 11.8 Å². The monoisotopic (exact) mass is 265 g/mol. The normalized spacial score (nSPS) is 42.4. The van der Waals surface area contributed by atoms with Crippen molar-refractivity contribution in [3.8, 4) is 0 Å². The Labute approximate surface area is 116 Å². The van der Waals surface area contributed by atoms with Crippen LogP contribution >= 0.6 is 0 Å². The lowest BCUT2D eigenvalue weighted by Gasteiger charge is -2.26. The number of nitrogens with two attached hydrogens (primary N) is 1. The van der Waals surface area contributed by atoms with Gasteiger partial charge in [0.25, 0.3) is 0 Å². The highest BCUT2D eigenvalue weighted by Crippen LogP contribution is 2.34. The first-order valence-electron chi connectivity index (χ1n) is 7.95. The number of carbonyl (C=O) groups is 1. The summed E-state index contributed by atoms with van der Waals surface area (Å²) in [6.07, 6.45) is 7.36. The van der Waals surface area contributed by atoms with Gasteiger partial charge in [-0.05, 0) is 51.0 Å². The van der Waals surface area contributed by atoms with Crippen LogP contribution in [0.15, 0.2) is 0 Å². The maximum absolute atomic E-state index is 12.7. The summed E-state index contributed by atoms with van der Waals surface area (Å²) in [7, 11) is 0. The molecule has 1 amide bonds. The molecule has 2 heterocycles. The molecule has 5 unspecified atom stereocenters. The number of rotatable bonds is 2. The Hall–Kier alpha value is -0.610. The number of hydrogen-bond acceptors (Lipinski definition) is 3. The molecule has 108 valence electrons. The second-order valence-corrected chi connectivity index (χ2v) is 6.78. The molecule has 3 fully saturated rings. The van der Waals surface area contributed by atoms with E-state index in [0.29, 0.717) is 30.5 Å². The van der Waals surface area contributed by atoms with Crippen molar-refractivity contribution in [1.82, 2.24) is 10.2 Å². The number of likely N-dealkylation sites (tertiary alicyclic amines) is 1. The largest absolute Gasteiger partial charge is 0.338 e. The standard InChI is InChI=1S/C15H27N3O/c1-10-6-11(8-16)9-18(10)15(19)14-7-12-4-2-3-5-13(12)17-14/h10-14,17H,2-9,16H2,1H3. The molecular formula is C15H27N3O. The molecule has 2 aliphatic heterocycles. The van der Waals surface area contributed by atoms with Gasteiger partial charge in [-0.2, -0.15) is 0 Å². The zero-order chi connectivity index (χ0) is 13.4. The van der Waals surface area contributed by atoms with Crippen molar-refractivity contribution in [2.75, 3.05) is 13.1 Å². The zero-order valence-corrected chi connectivity index (χ0v) is 12.0. The molecule has 2 saturated heterocycles. The fraction of sp³-hybridized carbons (Fsp3) is 0.933. The van der Waals surface area contributed by atoms with Gasteiger partial charge >= 0.3 is 0 Å². The Morgan fingerprint density at radius 2 is 2.11 bits per heavy atom. The van der Waals surface area contributed by atoms with Gasteiger partial charge in [-0.1, -0.05) is 12.8 Å². The third kappa shape index (κ3) is 2.52. The van der Waals surface area contributed by atoms with Crippen LogP contribution in [0.3, 0.4) is 0 Å². The number of carbonyl (C=O) groups excluding carboxylic acids is 1. The van der Waals surface area contributed by atoms with Gasteiger partial charge in [-0.25, -0.2) is 0 Å². The van der Waals surface area contributed by atoms with Crippen LogP contribution in [-0.4, -0.2) is 42.0 Å². The topological polar surface area (TPSA) is 58.4 Å². The Kier molecular flexibility index (Phi) is 3.81. The highest BCUT2D eigenvalue weighted by Gasteiger charge is 2.42. The van der Waals surface area contributed by atoms with E-state index in [4.69, 9.17) is 5.73 Å². The van der Waals surface area contributed by atoms with Crippen LogP contribution < -0.4 is 11.1 Å².